The fraction of sp³-hybridized carbons (Fsp3) is 0.320. The molecule has 12 heteroatoms. The molecule has 3 aromatic heterocycles. The summed E-state index contributed by atoms with van der Waals surface area (Å²) in [6.45, 7) is 5.81. The minimum Gasteiger partial charge on any atom is -0.487 e. The molecule has 4 aromatic rings. The Kier molecular flexibility index (Phi) is 6.96. The number of amides is 1. The molecule has 1 amide bonds. The number of nitrogens with zero attached hydrogens (tertiary/aromatic N) is 4. The van der Waals surface area contributed by atoms with Crippen LogP contribution in [-0.2, 0) is 25.3 Å². The van der Waals surface area contributed by atoms with Crippen LogP contribution >= 0.6 is 11.3 Å². The minimum atomic E-state index is -0.851. The van der Waals surface area contributed by atoms with Gasteiger partial charge >= 0.3 is 5.69 Å². The van der Waals surface area contributed by atoms with Gasteiger partial charge in [-0.25, -0.2) is 18.6 Å². The van der Waals surface area contributed by atoms with E-state index in [0.717, 1.165) is 28.0 Å². The van der Waals surface area contributed by atoms with Gasteiger partial charge in [0.15, 0.2) is 22.5 Å². The lowest BCUT2D eigenvalue weighted by molar-refractivity contribution is -0.115. The number of halogens is 2. The maximum atomic E-state index is 14.6. The van der Waals surface area contributed by atoms with Gasteiger partial charge < -0.3 is 10.1 Å². The number of carbonyl (C=O) groups excluding carboxylic acids is 1. The molecule has 37 heavy (non-hydrogen) atoms. The van der Waals surface area contributed by atoms with Crippen molar-refractivity contribution in [2.75, 3.05) is 11.9 Å². The van der Waals surface area contributed by atoms with Gasteiger partial charge in [-0.1, -0.05) is 20.8 Å². The molecule has 0 radical (unpaired) electrons. The highest BCUT2D eigenvalue weighted by Crippen LogP contribution is 2.32. The average molecular weight is 530 g/mol. The van der Waals surface area contributed by atoms with E-state index < -0.39 is 34.5 Å². The average Bonchev–Trinajstić information content (AvgIpc) is 3.28. The first-order chi connectivity index (χ1) is 17.4. The van der Waals surface area contributed by atoms with E-state index in [1.54, 1.807) is 5.38 Å². The fourth-order valence-electron chi connectivity index (χ4n) is 3.64. The van der Waals surface area contributed by atoms with E-state index in [0.29, 0.717) is 5.52 Å². The zero-order chi connectivity index (χ0) is 27.1. The lowest BCUT2D eigenvalue weighted by Crippen LogP contribution is -2.37. The van der Waals surface area contributed by atoms with Crippen molar-refractivity contribution in [3.05, 3.63) is 67.9 Å². The van der Waals surface area contributed by atoms with Gasteiger partial charge in [0.25, 0.3) is 5.56 Å². The molecule has 0 aliphatic carbocycles. The van der Waals surface area contributed by atoms with Gasteiger partial charge in [0.05, 0.1) is 35.3 Å². The molecule has 9 nitrogen and oxygen atoms in total. The summed E-state index contributed by atoms with van der Waals surface area (Å²) in [5, 5.41) is 4.55. The number of hydrogen-bond acceptors (Lipinski definition) is 7. The van der Waals surface area contributed by atoms with Crippen LogP contribution in [0.15, 0.2) is 39.4 Å². The second-order valence-electron chi connectivity index (χ2n) is 9.74. The van der Waals surface area contributed by atoms with Crippen LogP contribution in [0.25, 0.3) is 22.2 Å². The summed E-state index contributed by atoms with van der Waals surface area (Å²) in [6, 6.07) is 3.79. The highest BCUT2D eigenvalue weighted by molar-refractivity contribution is 7.14. The van der Waals surface area contributed by atoms with Gasteiger partial charge in [0.1, 0.15) is 0 Å². The van der Waals surface area contributed by atoms with Crippen molar-refractivity contribution in [2.45, 2.75) is 27.2 Å². The van der Waals surface area contributed by atoms with E-state index in [1.165, 1.54) is 30.9 Å². The summed E-state index contributed by atoms with van der Waals surface area (Å²) in [4.78, 5) is 46.0. The predicted octanol–water partition coefficient (Wildman–Crippen LogP) is 3.64. The third kappa shape index (κ3) is 5.43. The molecule has 0 saturated carbocycles. The summed E-state index contributed by atoms with van der Waals surface area (Å²) < 4.78 is 36.7. The molecule has 0 saturated heterocycles. The zero-order valence-electron chi connectivity index (χ0n) is 20.9. The summed E-state index contributed by atoms with van der Waals surface area (Å²) in [7, 11) is 2.88. The Morgan fingerprint density at radius 3 is 2.46 bits per heavy atom. The molecular weight excluding hydrogens is 504 g/mol. The Morgan fingerprint density at radius 2 is 1.81 bits per heavy atom. The molecule has 0 spiro atoms. The van der Waals surface area contributed by atoms with Gasteiger partial charge in [0.2, 0.25) is 5.91 Å². The van der Waals surface area contributed by atoms with Gasteiger partial charge in [-0.15, -0.1) is 11.3 Å². The molecule has 0 aliphatic heterocycles. The van der Waals surface area contributed by atoms with Crippen LogP contribution in [0.4, 0.5) is 13.9 Å². The van der Waals surface area contributed by atoms with Crippen LogP contribution in [0.5, 0.6) is 5.75 Å². The molecule has 0 unspecified atom stereocenters. The number of carbonyl (C=O) groups is 1. The van der Waals surface area contributed by atoms with Crippen molar-refractivity contribution in [3.63, 3.8) is 0 Å². The Labute approximate surface area is 214 Å². The Morgan fingerprint density at radius 1 is 1.14 bits per heavy atom. The van der Waals surface area contributed by atoms with Gasteiger partial charge in [-0.05, 0) is 23.6 Å². The minimum absolute atomic E-state index is 0.140. The number of pyridine rings is 1. The van der Waals surface area contributed by atoms with Crippen molar-refractivity contribution < 1.29 is 18.3 Å². The second kappa shape index (κ2) is 9.85. The van der Waals surface area contributed by atoms with Crippen LogP contribution < -0.4 is 21.3 Å². The molecular formula is C25H25F2N5O4S. The molecule has 0 aliphatic rings. The number of thiazole rings is 1. The summed E-state index contributed by atoms with van der Waals surface area (Å²) >= 11 is 1.08. The molecule has 0 atom stereocenters. The zero-order valence-corrected chi connectivity index (χ0v) is 21.7. The van der Waals surface area contributed by atoms with Crippen LogP contribution in [-0.4, -0.2) is 31.6 Å². The van der Waals surface area contributed by atoms with E-state index in [9.17, 15) is 23.2 Å². The number of aryl methyl sites for hydroxylation is 1. The molecule has 1 N–H and O–H groups in total. The normalized spacial score (nSPS) is 11.6. The van der Waals surface area contributed by atoms with E-state index in [1.807, 2.05) is 20.8 Å². The lowest BCUT2D eigenvalue weighted by atomic mass is 9.99. The van der Waals surface area contributed by atoms with Crippen LogP contribution in [0.3, 0.4) is 0 Å². The lowest BCUT2D eigenvalue weighted by Gasteiger charge is -2.19. The summed E-state index contributed by atoms with van der Waals surface area (Å²) in [5.74, 6) is -2.65. The standard InChI is InChI=1S/C25H25F2N5O4S/c1-25(2,3)12-36-21-14(26)8-13(9-15(21)27)17-11-37-23(29-17)30-19(33)10-16-20-18(6-7-28-16)31(4)24(35)32(5)22(20)34/h6-9,11H,10,12H2,1-5H3,(H,29,30,33). The van der Waals surface area contributed by atoms with Gasteiger partial charge in [-0.2, -0.15) is 0 Å². The number of ether oxygens (including phenoxy) is 1. The van der Waals surface area contributed by atoms with Crippen molar-refractivity contribution >= 4 is 33.3 Å². The number of fused-ring (bicyclic) bond motifs is 1. The maximum Gasteiger partial charge on any atom is 0.330 e. The van der Waals surface area contributed by atoms with Gasteiger partial charge in [-0.3, -0.25) is 23.7 Å². The first-order valence-electron chi connectivity index (χ1n) is 11.3. The first-order valence-corrected chi connectivity index (χ1v) is 12.1. The third-order valence-electron chi connectivity index (χ3n) is 5.48. The summed E-state index contributed by atoms with van der Waals surface area (Å²) in [6.07, 6.45) is 1.17. The SMILES string of the molecule is Cn1c(=O)c2c(CC(=O)Nc3nc(-c4cc(F)c(OCC(C)(C)C)c(F)c4)cs3)nccc2n(C)c1=O. The van der Waals surface area contributed by atoms with E-state index in [-0.39, 0.29) is 45.9 Å². The van der Waals surface area contributed by atoms with E-state index in [4.69, 9.17) is 4.74 Å². The highest BCUT2D eigenvalue weighted by Gasteiger charge is 2.20. The Balaban J connectivity index is 1.54. The molecule has 0 fully saturated rings. The molecule has 4 rings (SSSR count). The van der Waals surface area contributed by atoms with E-state index >= 15 is 0 Å². The number of aromatic nitrogens is 4. The topological polar surface area (TPSA) is 108 Å². The Hall–Kier alpha value is -3.93. The first kappa shape index (κ1) is 26.1. The molecule has 194 valence electrons. The molecule has 3 heterocycles. The second-order valence-corrected chi connectivity index (χ2v) is 10.6. The van der Waals surface area contributed by atoms with Gasteiger partial charge in [0, 0.05) is 31.2 Å². The Bertz CT molecular complexity index is 1610. The maximum absolute atomic E-state index is 14.6. The largest absolute Gasteiger partial charge is 0.487 e. The monoisotopic (exact) mass is 529 g/mol. The predicted molar refractivity (Wildman–Crippen MR) is 137 cm³/mol. The van der Waals surface area contributed by atoms with E-state index in [2.05, 4.69) is 15.3 Å². The number of hydrogen-bond donors (Lipinski definition) is 1. The third-order valence-corrected chi connectivity index (χ3v) is 6.24. The quantitative estimate of drug-likeness (QED) is 0.409. The number of anilines is 1. The highest BCUT2D eigenvalue weighted by atomic mass is 32.1. The number of benzene rings is 1. The molecule has 1 aromatic carbocycles. The fourth-order valence-corrected chi connectivity index (χ4v) is 4.37. The van der Waals surface area contributed by atoms with Crippen LogP contribution in [0.2, 0.25) is 0 Å². The summed E-state index contributed by atoms with van der Waals surface area (Å²) in [5.41, 5.74) is -0.285. The smallest absolute Gasteiger partial charge is 0.330 e. The van der Waals surface area contributed by atoms with Crippen LogP contribution in [0, 0.1) is 17.0 Å². The van der Waals surface area contributed by atoms with Crippen molar-refractivity contribution in [3.8, 4) is 17.0 Å². The van der Waals surface area contributed by atoms with Crippen molar-refractivity contribution in [1.82, 2.24) is 19.1 Å². The molecule has 0 bridgehead atoms. The van der Waals surface area contributed by atoms with Crippen molar-refractivity contribution in [1.29, 1.82) is 0 Å². The number of nitrogens with one attached hydrogen (secondary N) is 1. The van der Waals surface area contributed by atoms with Crippen LogP contribution in [0.1, 0.15) is 26.5 Å². The van der Waals surface area contributed by atoms with Crippen molar-refractivity contribution in [2.24, 2.45) is 19.5 Å². The number of rotatable bonds is 6.